The Bertz CT molecular complexity index is 522. The summed E-state index contributed by atoms with van der Waals surface area (Å²) < 4.78 is 0. The second-order valence-corrected chi connectivity index (χ2v) is 8.90. The minimum absolute atomic E-state index is 0.158. The average Bonchev–Trinajstić information content (AvgIpc) is 2.89. The summed E-state index contributed by atoms with van der Waals surface area (Å²) in [6, 6.07) is 0. The van der Waals surface area contributed by atoms with Crippen LogP contribution in [0.25, 0.3) is 0 Å². The van der Waals surface area contributed by atoms with Crippen LogP contribution in [0.3, 0.4) is 0 Å². The van der Waals surface area contributed by atoms with Crippen molar-refractivity contribution in [3.05, 3.63) is 24.3 Å². The zero-order valence-corrected chi connectivity index (χ0v) is 15.8. The highest BCUT2D eigenvalue weighted by molar-refractivity contribution is 5.31. The number of hydrogen-bond donors (Lipinski definition) is 3. The maximum Gasteiger partial charge on any atom is 0.119 e. The third kappa shape index (κ3) is 2.98. The Balaban J connectivity index is 2.31. The molecule has 1 saturated carbocycles. The molecule has 0 amide bonds. The smallest absolute Gasteiger partial charge is 0.119 e. The summed E-state index contributed by atoms with van der Waals surface area (Å²) in [5.74, 6) is 0.333. The normalized spacial score (nSPS) is 39.1. The zero-order valence-electron chi connectivity index (χ0n) is 15.8. The number of hydrogen-bond acceptors (Lipinski definition) is 4. The molecule has 0 unspecified atom stereocenters. The van der Waals surface area contributed by atoms with Crippen molar-refractivity contribution >= 4 is 0 Å². The van der Waals surface area contributed by atoms with E-state index in [9.17, 15) is 15.5 Å². The second kappa shape index (κ2) is 6.24. The molecule has 0 heterocycles. The van der Waals surface area contributed by atoms with Crippen LogP contribution in [0, 0.1) is 17.3 Å². The van der Waals surface area contributed by atoms with Gasteiger partial charge in [-0.2, -0.15) is 0 Å². The van der Waals surface area contributed by atoms with Gasteiger partial charge in [0, 0.05) is 5.41 Å². The van der Waals surface area contributed by atoms with E-state index in [4.69, 9.17) is 4.89 Å². The van der Waals surface area contributed by atoms with Crippen molar-refractivity contribution < 1.29 is 20.4 Å². The minimum Gasteiger partial charge on any atom is -0.389 e. The Labute approximate surface area is 146 Å². The molecule has 1 fully saturated rings. The molecule has 3 N–H and O–H groups in total. The number of allylic oxidation sites excluding steroid dienone is 1. The van der Waals surface area contributed by atoms with Gasteiger partial charge in [0.15, 0.2) is 0 Å². The molecule has 5 atom stereocenters. The molecular formula is C20H34O4. The van der Waals surface area contributed by atoms with Crippen LogP contribution in [0.5, 0.6) is 0 Å². The summed E-state index contributed by atoms with van der Waals surface area (Å²) in [5.41, 5.74) is -1.81. The first kappa shape index (κ1) is 19.6. The van der Waals surface area contributed by atoms with Crippen molar-refractivity contribution in [3.8, 4) is 0 Å². The van der Waals surface area contributed by atoms with Crippen molar-refractivity contribution in [3.63, 3.8) is 0 Å². The maximum atomic E-state index is 11.7. The lowest BCUT2D eigenvalue weighted by Crippen LogP contribution is -2.58. The van der Waals surface area contributed by atoms with Gasteiger partial charge in [0.25, 0.3) is 0 Å². The van der Waals surface area contributed by atoms with Crippen LogP contribution in [0.2, 0.25) is 0 Å². The van der Waals surface area contributed by atoms with E-state index in [2.05, 4.69) is 26.5 Å². The van der Waals surface area contributed by atoms with Crippen LogP contribution in [0.4, 0.5) is 0 Å². The van der Waals surface area contributed by atoms with Crippen molar-refractivity contribution in [2.45, 2.75) is 83.5 Å². The van der Waals surface area contributed by atoms with Gasteiger partial charge in [-0.15, -0.1) is 6.58 Å². The molecule has 2 aliphatic rings. The lowest BCUT2D eigenvalue weighted by atomic mass is 9.52. The molecule has 2 aliphatic carbocycles. The highest BCUT2D eigenvalue weighted by Crippen LogP contribution is 2.61. The fraction of sp³-hybridized carbons (Fsp3) is 0.800. The molecule has 138 valence electrons. The van der Waals surface area contributed by atoms with E-state index in [1.807, 2.05) is 13.8 Å². The van der Waals surface area contributed by atoms with Crippen LogP contribution < -0.4 is 0 Å². The largest absolute Gasteiger partial charge is 0.389 e. The monoisotopic (exact) mass is 338 g/mol. The van der Waals surface area contributed by atoms with Crippen LogP contribution >= 0.6 is 0 Å². The Morgan fingerprint density at radius 2 is 2.00 bits per heavy atom. The summed E-state index contributed by atoms with van der Waals surface area (Å²) in [6.07, 6.45) is 7.36. The second-order valence-electron chi connectivity index (χ2n) is 8.90. The molecular weight excluding hydrogens is 304 g/mol. The zero-order chi connectivity index (χ0) is 18.4. The molecule has 24 heavy (non-hydrogen) atoms. The summed E-state index contributed by atoms with van der Waals surface area (Å²) in [4.78, 5) is 4.74. The van der Waals surface area contributed by atoms with E-state index in [-0.39, 0.29) is 17.3 Å². The summed E-state index contributed by atoms with van der Waals surface area (Å²) >= 11 is 0. The fourth-order valence-electron chi connectivity index (χ4n) is 4.92. The molecule has 0 bridgehead atoms. The Kier molecular flexibility index (Phi) is 5.11. The van der Waals surface area contributed by atoms with Crippen molar-refractivity contribution in [2.24, 2.45) is 17.3 Å². The predicted molar refractivity (Wildman–Crippen MR) is 95.5 cm³/mol. The molecule has 0 aromatic carbocycles. The molecule has 0 aromatic heterocycles. The van der Waals surface area contributed by atoms with Gasteiger partial charge in [-0.25, -0.2) is 4.89 Å². The summed E-state index contributed by atoms with van der Waals surface area (Å²) in [6.45, 7) is 13.4. The van der Waals surface area contributed by atoms with Gasteiger partial charge in [0.2, 0.25) is 0 Å². The van der Waals surface area contributed by atoms with Gasteiger partial charge in [-0.05, 0) is 70.3 Å². The van der Waals surface area contributed by atoms with Crippen LogP contribution in [0.15, 0.2) is 24.3 Å². The average molecular weight is 338 g/mol. The number of fused-ring (bicyclic) bond motifs is 1. The minimum atomic E-state index is -0.971. The topological polar surface area (TPSA) is 69.9 Å². The van der Waals surface area contributed by atoms with E-state index >= 15 is 0 Å². The highest BCUT2D eigenvalue weighted by atomic mass is 17.1. The Hall–Kier alpha value is -0.680. The Morgan fingerprint density at radius 1 is 1.38 bits per heavy atom. The fourth-order valence-corrected chi connectivity index (χ4v) is 4.92. The first-order valence-electron chi connectivity index (χ1n) is 9.05. The summed E-state index contributed by atoms with van der Waals surface area (Å²) in [5, 5.41) is 31.3. The van der Waals surface area contributed by atoms with Gasteiger partial charge in [0.1, 0.15) is 5.60 Å². The van der Waals surface area contributed by atoms with Crippen LogP contribution in [-0.2, 0) is 4.89 Å². The third-order valence-corrected chi connectivity index (χ3v) is 6.96. The lowest BCUT2D eigenvalue weighted by Gasteiger charge is -2.56. The quantitative estimate of drug-likeness (QED) is 0.388. The van der Waals surface area contributed by atoms with Crippen molar-refractivity contribution in [1.82, 2.24) is 0 Å². The van der Waals surface area contributed by atoms with Crippen LogP contribution in [0.1, 0.15) is 66.7 Å². The van der Waals surface area contributed by atoms with Gasteiger partial charge in [-0.1, -0.05) is 26.0 Å². The standard InChI is InChI=1S/C20H34O4/c1-7-18(5,21)12-13-20(22)14(2)8-9-16-15(17(3,4)24-23)10-11-19(16,20)6/h7,10,14,16,21-23H,1,8-9,11-13H2,2-6H3/t14-,16+,18-,19+,20-/m0/s1. The first-order chi connectivity index (χ1) is 10.9. The molecule has 4 heteroatoms. The first-order valence-corrected chi connectivity index (χ1v) is 9.05. The molecule has 0 aromatic rings. The van der Waals surface area contributed by atoms with Crippen LogP contribution in [-0.4, -0.2) is 32.3 Å². The number of rotatable bonds is 6. The summed E-state index contributed by atoms with van der Waals surface area (Å²) in [7, 11) is 0. The molecule has 2 rings (SSSR count). The van der Waals surface area contributed by atoms with Gasteiger partial charge in [0.05, 0.1) is 11.2 Å². The number of aliphatic hydroxyl groups is 2. The molecule has 0 aliphatic heterocycles. The predicted octanol–water partition coefficient (Wildman–Crippen LogP) is 4.09. The Morgan fingerprint density at radius 3 is 2.54 bits per heavy atom. The van der Waals surface area contributed by atoms with E-state index < -0.39 is 16.8 Å². The molecule has 0 radical (unpaired) electrons. The lowest BCUT2D eigenvalue weighted by molar-refractivity contribution is -0.303. The van der Waals surface area contributed by atoms with Gasteiger partial charge in [-0.3, -0.25) is 5.26 Å². The van der Waals surface area contributed by atoms with E-state index in [0.717, 1.165) is 24.8 Å². The highest BCUT2D eigenvalue weighted by Gasteiger charge is 2.60. The molecule has 0 saturated heterocycles. The molecule has 0 spiro atoms. The maximum absolute atomic E-state index is 11.7. The van der Waals surface area contributed by atoms with E-state index in [1.54, 1.807) is 13.0 Å². The van der Waals surface area contributed by atoms with E-state index in [0.29, 0.717) is 12.8 Å². The SMILES string of the molecule is C=C[C@](C)(O)CC[C@]1(O)[C@@H](C)CC[C@@H]2C(C(C)(C)OO)=CC[C@]21C. The molecule has 4 nitrogen and oxygen atoms in total. The van der Waals surface area contributed by atoms with Gasteiger partial charge >= 0.3 is 0 Å². The van der Waals surface area contributed by atoms with Gasteiger partial charge < -0.3 is 10.2 Å². The van der Waals surface area contributed by atoms with Crippen molar-refractivity contribution in [2.75, 3.05) is 0 Å². The van der Waals surface area contributed by atoms with E-state index in [1.165, 1.54) is 0 Å². The van der Waals surface area contributed by atoms with Crippen molar-refractivity contribution in [1.29, 1.82) is 0 Å². The third-order valence-electron chi connectivity index (χ3n) is 6.96.